The van der Waals surface area contributed by atoms with Gasteiger partial charge in [-0.2, -0.15) is 0 Å². The third-order valence-electron chi connectivity index (χ3n) is 1.44. The zero-order valence-corrected chi connectivity index (χ0v) is 8.17. The van der Waals surface area contributed by atoms with Crippen LogP contribution in [0.3, 0.4) is 0 Å². The van der Waals surface area contributed by atoms with Gasteiger partial charge in [0.25, 0.3) is 0 Å². The fourth-order valence-electron chi connectivity index (χ4n) is 0.881. The van der Waals surface area contributed by atoms with Crippen LogP contribution in [0.25, 0.3) is 0 Å². The van der Waals surface area contributed by atoms with E-state index in [1.807, 2.05) is 0 Å². The summed E-state index contributed by atoms with van der Waals surface area (Å²) in [5, 5.41) is 9.31. The van der Waals surface area contributed by atoms with E-state index < -0.39 is 0 Å². The zero-order chi connectivity index (χ0) is 8.97. The highest BCUT2D eigenvalue weighted by Crippen LogP contribution is 2.24. The molecular formula is C8H9BrO3. The quantitative estimate of drug-likeness (QED) is 0.869. The SMILES string of the molecule is COCc1cc(OBr)ccc1O. The van der Waals surface area contributed by atoms with Crippen LogP contribution < -0.4 is 3.83 Å². The van der Waals surface area contributed by atoms with E-state index in [1.54, 1.807) is 25.3 Å². The van der Waals surface area contributed by atoms with Crippen molar-refractivity contribution in [1.29, 1.82) is 0 Å². The Morgan fingerprint density at radius 2 is 2.25 bits per heavy atom. The second-order valence-corrected chi connectivity index (χ2v) is 2.62. The van der Waals surface area contributed by atoms with Gasteiger partial charge in [-0.15, -0.1) is 0 Å². The van der Waals surface area contributed by atoms with Crippen LogP contribution in [-0.2, 0) is 11.3 Å². The number of phenols is 1. The average molecular weight is 233 g/mol. The van der Waals surface area contributed by atoms with Crippen molar-refractivity contribution in [2.45, 2.75) is 6.61 Å². The Hall–Kier alpha value is -0.740. The van der Waals surface area contributed by atoms with E-state index in [0.717, 1.165) is 0 Å². The third-order valence-corrected chi connectivity index (χ3v) is 1.81. The lowest BCUT2D eigenvalue weighted by Crippen LogP contribution is -1.88. The molecule has 1 aromatic rings. The summed E-state index contributed by atoms with van der Waals surface area (Å²) in [5.74, 6) is 0.852. The van der Waals surface area contributed by atoms with Crippen molar-refractivity contribution in [2.75, 3.05) is 7.11 Å². The summed E-state index contributed by atoms with van der Waals surface area (Å²) in [6.45, 7) is 0.371. The van der Waals surface area contributed by atoms with Crippen molar-refractivity contribution >= 4 is 16.3 Å². The number of benzene rings is 1. The van der Waals surface area contributed by atoms with Crippen LogP contribution in [0.15, 0.2) is 18.2 Å². The second-order valence-electron chi connectivity index (χ2n) is 2.30. The molecule has 1 N–H and O–H groups in total. The third kappa shape index (κ3) is 2.12. The van der Waals surface area contributed by atoms with E-state index in [2.05, 4.69) is 16.3 Å². The van der Waals surface area contributed by atoms with E-state index >= 15 is 0 Å². The van der Waals surface area contributed by atoms with Gasteiger partial charge in [-0.05, 0) is 18.2 Å². The molecule has 4 heteroatoms. The van der Waals surface area contributed by atoms with Crippen molar-refractivity contribution in [1.82, 2.24) is 0 Å². The van der Waals surface area contributed by atoms with Crippen molar-refractivity contribution in [2.24, 2.45) is 0 Å². The molecule has 3 nitrogen and oxygen atoms in total. The van der Waals surface area contributed by atoms with Gasteiger partial charge in [0.2, 0.25) is 0 Å². The molecule has 0 heterocycles. The van der Waals surface area contributed by atoms with Crippen molar-refractivity contribution in [3.63, 3.8) is 0 Å². The van der Waals surface area contributed by atoms with Crippen molar-refractivity contribution in [3.05, 3.63) is 23.8 Å². The van der Waals surface area contributed by atoms with E-state index in [-0.39, 0.29) is 5.75 Å². The summed E-state index contributed by atoms with van der Waals surface area (Å²) in [5.41, 5.74) is 0.703. The molecule has 12 heavy (non-hydrogen) atoms. The fraction of sp³-hybridized carbons (Fsp3) is 0.250. The van der Waals surface area contributed by atoms with Crippen LogP contribution in [0.2, 0.25) is 0 Å². The number of methoxy groups -OCH3 is 1. The Bertz CT molecular complexity index is 262. The predicted octanol–water partition coefficient (Wildman–Crippen LogP) is 2.23. The summed E-state index contributed by atoms with van der Waals surface area (Å²) < 4.78 is 9.68. The van der Waals surface area contributed by atoms with Gasteiger partial charge in [-0.1, -0.05) is 0 Å². The number of ether oxygens (including phenoxy) is 1. The number of rotatable bonds is 3. The molecule has 0 bridgehead atoms. The monoisotopic (exact) mass is 232 g/mol. The minimum absolute atomic E-state index is 0.213. The number of hydrogen-bond donors (Lipinski definition) is 1. The topological polar surface area (TPSA) is 38.7 Å². The molecule has 0 amide bonds. The highest BCUT2D eigenvalue weighted by Gasteiger charge is 2.02. The number of phenolic OH excluding ortho intramolecular Hbond substituents is 1. The molecule has 0 saturated carbocycles. The molecule has 0 unspecified atom stereocenters. The Morgan fingerprint density at radius 1 is 1.50 bits per heavy atom. The lowest BCUT2D eigenvalue weighted by Gasteiger charge is -2.04. The second kappa shape index (κ2) is 4.33. The van der Waals surface area contributed by atoms with E-state index in [1.165, 1.54) is 0 Å². The number of aromatic hydroxyl groups is 1. The van der Waals surface area contributed by atoms with Crippen molar-refractivity contribution < 1.29 is 13.7 Å². The maximum absolute atomic E-state index is 9.31. The van der Waals surface area contributed by atoms with Gasteiger partial charge in [0.15, 0.2) is 16.3 Å². The first-order valence-corrected chi connectivity index (χ1v) is 4.02. The van der Waals surface area contributed by atoms with Crippen LogP contribution in [-0.4, -0.2) is 12.2 Å². The maximum atomic E-state index is 9.31. The molecule has 0 aliphatic heterocycles. The Labute approximate surface area is 79.4 Å². The first-order valence-electron chi connectivity index (χ1n) is 3.37. The number of halogens is 1. The van der Waals surface area contributed by atoms with Crippen molar-refractivity contribution in [3.8, 4) is 11.5 Å². The zero-order valence-electron chi connectivity index (χ0n) is 6.58. The van der Waals surface area contributed by atoms with Gasteiger partial charge in [-0.25, -0.2) is 0 Å². The largest absolute Gasteiger partial charge is 0.508 e. The van der Waals surface area contributed by atoms with Crippen LogP contribution >= 0.6 is 16.3 Å². The molecule has 1 rings (SSSR count). The predicted molar refractivity (Wildman–Crippen MR) is 48.4 cm³/mol. The molecule has 0 atom stereocenters. The summed E-state index contributed by atoms with van der Waals surface area (Å²) in [4.78, 5) is 0. The molecule has 0 radical (unpaired) electrons. The van der Waals surface area contributed by atoms with E-state index in [4.69, 9.17) is 8.57 Å². The molecular weight excluding hydrogens is 224 g/mol. The lowest BCUT2D eigenvalue weighted by molar-refractivity contribution is 0.182. The summed E-state index contributed by atoms with van der Waals surface area (Å²) in [6, 6.07) is 4.92. The smallest absolute Gasteiger partial charge is 0.179 e. The van der Waals surface area contributed by atoms with Gasteiger partial charge in [0.05, 0.1) is 6.61 Å². The minimum Gasteiger partial charge on any atom is -0.508 e. The molecule has 66 valence electrons. The molecule has 0 spiro atoms. The molecule has 0 fully saturated rings. The Kier molecular flexibility index (Phi) is 3.37. The van der Waals surface area contributed by atoms with E-state index in [9.17, 15) is 5.11 Å². The standard InChI is InChI=1S/C8H9BrO3/c1-11-5-6-4-7(12-9)2-3-8(6)10/h2-4,10H,5H2,1H3. The summed E-state index contributed by atoms with van der Waals surface area (Å²) in [7, 11) is 1.57. The molecule has 0 saturated heterocycles. The average Bonchev–Trinajstić information content (AvgIpc) is 2.09. The first kappa shape index (κ1) is 9.35. The number of hydrogen-bond acceptors (Lipinski definition) is 3. The summed E-state index contributed by atoms with van der Waals surface area (Å²) >= 11 is 2.84. The normalized spacial score (nSPS) is 9.83. The fourth-order valence-corrected chi connectivity index (χ4v) is 1.08. The van der Waals surface area contributed by atoms with Gasteiger partial charge >= 0.3 is 0 Å². The van der Waals surface area contributed by atoms with Crippen LogP contribution in [0.1, 0.15) is 5.56 Å². The lowest BCUT2D eigenvalue weighted by atomic mass is 10.2. The molecule has 0 aromatic heterocycles. The molecule has 0 aliphatic carbocycles. The molecule has 0 aliphatic rings. The Balaban J connectivity index is 2.91. The van der Waals surface area contributed by atoms with Crippen LogP contribution in [0.4, 0.5) is 0 Å². The molecule has 1 aromatic carbocycles. The maximum Gasteiger partial charge on any atom is 0.179 e. The van der Waals surface area contributed by atoms with Gasteiger partial charge in [0.1, 0.15) is 11.5 Å². The van der Waals surface area contributed by atoms with Gasteiger partial charge in [-0.3, -0.25) is 0 Å². The van der Waals surface area contributed by atoms with E-state index in [0.29, 0.717) is 17.9 Å². The van der Waals surface area contributed by atoms with Crippen LogP contribution in [0, 0.1) is 0 Å². The summed E-state index contributed by atoms with van der Waals surface area (Å²) in [6.07, 6.45) is 0. The highest BCUT2D eigenvalue weighted by molar-refractivity contribution is 9.06. The first-order chi connectivity index (χ1) is 5.77. The van der Waals surface area contributed by atoms with Gasteiger partial charge < -0.3 is 13.7 Å². The van der Waals surface area contributed by atoms with Gasteiger partial charge in [0, 0.05) is 12.7 Å². The Morgan fingerprint density at radius 3 is 2.83 bits per heavy atom. The highest BCUT2D eigenvalue weighted by atomic mass is 79.9. The van der Waals surface area contributed by atoms with Crippen LogP contribution in [0.5, 0.6) is 11.5 Å². The minimum atomic E-state index is 0.213.